The molecule has 5 nitrogen and oxygen atoms in total. The summed E-state index contributed by atoms with van der Waals surface area (Å²) in [6.45, 7) is 8.48. The van der Waals surface area contributed by atoms with Crippen LogP contribution in [-0.4, -0.2) is 36.6 Å². The van der Waals surface area contributed by atoms with Gasteiger partial charge in [-0.25, -0.2) is 0 Å². The van der Waals surface area contributed by atoms with Gasteiger partial charge in [0.2, 0.25) is 0 Å². The molecule has 0 aliphatic carbocycles. The van der Waals surface area contributed by atoms with Gasteiger partial charge in [-0.15, -0.1) is 0 Å². The van der Waals surface area contributed by atoms with Gasteiger partial charge >= 0.3 is 0 Å². The minimum absolute atomic E-state index is 0.104. The Morgan fingerprint density at radius 1 is 1.09 bits per heavy atom. The molecule has 2 aromatic rings. The highest BCUT2D eigenvalue weighted by molar-refractivity contribution is 7.88. The van der Waals surface area contributed by atoms with Gasteiger partial charge < -0.3 is 5.32 Å². The van der Waals surface area contributed by atoms with E-state index in [4.69, 9.17) is 23.2 Å². The molecule has 32 heavy (non-hydrogen) atoms. The average Bonchev–Trinajstić information content (AvgIpc) is 3.20. The Hall–Kier alpha value is -1.44. The number of ketones is 1. The van der Waals surface area contributed by atoms with Crippen molar-refractivity contribution in [3.8, 4) is 0 Å². The van der Waals surface area contributed by atoms with E-state index in [1.807, 2.05) is 12.1 Å². The largest absolute Gasteiger partial charge is 0.316 e. The summed E-state index contributed by atoms with van der Waals surface area (Å²) in [7, 11) is -4.84. The molecule has 1 aliphatic heterocycles. The van der Waals surface area contributed by atoms with Gasteiger partial charge in [-0.3, -0.25) is 9.35 Å². The molecule has 1 heterocycles. The molecular weight excluding hydrogens is 469 g/mol. The van der Waals surface area contributed by atoms with E-state index in [1.165, 1.54) is 0 Å². The van der Waals surface area contributed by atoms with E-state index in [1.54, 1.807) is 37.3 Å². The van der Waals surface area contributed by atoms with Crippen molar-refractivity contribution in [1.82, 2.24) is 5.32 Å². The zero-order valence-electron chi connectivity index (χ0n) is 18.7. The van der Waals surface area contributed by atoms with E-state index in [0.717, 1.165) is 5.56 Å². The molecule has 1 fully saturated rings. The van der Waals surface area contributed by atoms with Gasteiger partial charge in [0.05, 0.1) is 10.0 Å². The Labute approximate surface area is 200 Å². The van der Waals surface area contributed by atoms with Crippen LogP contribution in [0.3, 0.4) is 0 Å². The molecule has 1 aliphatic rings. The third kappa shape index (κ3) is 4.01. The SMILES string of the molecule is CCC(C(=O)c1ccc(C(C)(C)C)cc1)(C1(c2ccc(Cl)c(Cl)c2)CCNC1)S(=O)(=O)O. The second-order valence-corrected chi connectivity index (χ2v) is 11.9. The van der Waals surface area contributed by atoms with Crippen molar-refractivity contribution < 1.29 is 17.8 Å². The number of carbonyl (C=O) groups excluding carboxylic acids is 1. The quantitative estimate of drug-likeness (QED) is 0.409. The fourth-order valence-electron chi connectivity index (χ4n) is 4.93. The summed E-state index contributed by atoms with van der Waals surface area (Å²) in [5.41, 5.74) is 0.469. The van der Waals surface area contributed by atoms with E-state index < -0.39 is 26.1 Å². The van der Waals surface area contributed by atoms with Gasteiger partial charge in [-0.1, -0.05) is 81.2 Å². The fourth-order valence-corrected chi connectivity index (χ4v) is 6.73. The highest BCUT2D eigenvalue weighted by Gasteiger charge is 2.64. The molecule has 2 aromatic carbocycles. The highest BCUT2D eigenvalue weighted by atomic mass is 35.5. The Balaban J connectivity index is 2.27. The summed E-state index contributed by atoms with van der Waals surface area (Å²) < 4.78 is 34.7. The van der Waals surface area contributed by atoms with Crippen LogP contribution >= 0.6 is 23.2 Å². The molecule has 2 atom stereocenters. The van der Waals surface area contributed by atoms with Crippen LogP contribution < -0.4 is 5.32 Å². The number of Topliss-reactive ketones (excluding diaryl/α,β-unsaturated/α-hetero) is 1. The first kappa shape index (κ1) is 25.2. The van der Waals surface area contributed by atoms with Gasteiger partial charge in [0.25, 0.3) is 10.1 Å². The van der Waals surface area contributed by atoms with E-state index in [0.29, 0.717) is 23.6 Å². The lowest BCUT2D eigenvalue weighted by atomic mass is 9.65. The molecule has 3 rings (SSSR count). The molecule has 0 aromatic heterocycles. The van der Waals surface area contributed by atoms with Crippen LogP contribution in [-0.2, 0) is 20.9 Å². The van der Waals surface area contributed by atoms with Crippen LogP contribution in [0.15, 0.2) is 42.5 Å². The predicted molar refractivity (Wildman–Crippen MR) is 130 cm³/mol. The van der Waals surface area contributed by atoms with Crippen molar-refractivity contribution in [3.05, 3.63) is 69.2 Å². The van der Waals surface area contributed by atoms with Gasteiger partial charge in [0.15, 0.2) is 10.5 Å². The van der Waals surface area contributed by atoms with Crippen molar-refractivity contribution in [2.75, 3.05) is 13.1 Å². The summed E-state index contributed by atoms with van der Waals surface area (Å²) in [6, 6.07) is 11.8. The van der Waals surface area contributed by atoms with Crippen LogP contribution in [0.5, 0.6) is 0 Å². The lowest BCUT2D eigenvalue weighted by Gasteiger charge is -2.45. The average molecular weight is 498 g/mol. The highest BCUT2D eigenvalue weighted by Crippen LogP contribution is 2.50. The lowest BCUT2D eigenvalue weighted by molar-refractivity contribution is 0.0868. The van der Waals surface area contributed by atoms with Crippen LogP contribution in [0.2, 0.25) is 10.0 Å². The maximum atomic E-state index is 14.0. The topological polar surface area (TPSA) is 83.5 Å². The fraction of sp³-hybridized carbons (Fsp3) is 0.458. The third-order valence-corrected chi connectivity index (χ3v) is 9.20. The number of halogens is 2. The first-order valence-corrected chi connectivity index (χ1v) is 12.8. The van der Waals surface area contributed by atoms with Gasteiger partial charge in [0.1, 0.15) is 0 Å². The standard InChI is InChI=1S/C24H29Cl2NO4S/c1-5-24(32(29,30)31,21(28)16-6-8-17(9-7-16)22(2,3)4)23(12-13-27-15-23)18-10-11-19(25)20(26)14-18/h6-11,14,27H,5,12-13,15H2,1-4H3,(H,29,30,31). The normalized spacial score (nSPS) is 21.3. The van der Waals surface area contributed by atoms with Gasteiger partial charge in [-0.2, -0.15) is 8.42 Å². The van der Waals surface area contributed by atoms with E-state index in [2.05, 4.69) is 26.1 Å². The first-order chi connectivity index (χ1) is 14.8. The summed E-state index contributed by atoms with van der Waals surface area (Å²) in [4.78, 5) is 14.0. The van der Waals surface area contributed by atoms with E-state index in [9.17, 15) is 17.8 Å². The van der Waals surface area contributed by atoms with Gasteiger partial charge in [-0.05, 0) is 48.1 Å². The van der Waals surface area contributed by atoms with Crippen molar-refractivity contribution >= 4 is 39.1 Å². The van der Waals surface area contributed by atoms with Crippen LogP contribution in [0.25, 0.3) is 0 Å². The van der Waals surface area contributed by atoms with E-state index >= 15 is 0 Å². The summed E-state index contributed by atoms with van der Waals surface area (Å²) in [5, 5.41) is 3.78. The third-order valence-electron chi connectivity index (χ3n) is 6.72. The number of hydrogen-bond donors (Lipinski definition) is 2. The minimum atomic E-state index is -4.84. The number of rotatable bonds is 6. The summed E-state index contributed by atoms with van der Waals surface area (Å²) >= 11 is 12.4. The maximum absolute atomic E-state index is 14.0. The van der Waals surface area contributed by atoms with Crippen molar-refractivity contribution in [2.24, 2.45) is 0 Å². The van der Waals surface area contributed by atoms with Crippen LogP contribution in [0, 0.1) is 0 Å². The molecule has 2 unspecified atom stereocenters. The molecule has 1 saturated heterocycles. The molecule has 0 amide bonds. The summed E-state index contributed by atoms with van der Waals surface area (Å²) in [5.74, 6) is -0.627. The minimum Gasteiger partial charge on any atom is -0.316 e. The molecule has 0 saturated carbocycles. The molecular formula is C24H29Cl2NO4S. The predicted octanol–water partition coefficient (Wildman–Crippen LogP) is 5.44. The molecule has 8 heteroatoms. The molecule has 2 N–H and O–H groups in total. The Morgan fingerprint density at radius 2 is 1.72 bits per heavy atom. The smallest absolute Gasteiger partial charge is 0.279 e. The summed E-state index contributed by atoms with van der Waals surface area (Å²) in [6.07, 6.45) is 0.234. The number of nitrogens with one attached hydrogen (secondary N) is 1. The Bertz CT molecular complexity index is 1120. The monoisotopic (exact) mass is 497 g/mol. The van der Waals surface area contributed by atoms with Crippen molar-refractivity contribution in [3.63, 3.8) is 0 Å². The Kier molecular flexibility index (Phi) is 6.87. The number of hydrogen-bond acceptors (Lipinski definition) is 4. The second-order valence-electron chi connectivity index (χ2n) is 9.45. The zero-order valence-corrected chi connectivity index (χ0v) is 21.0. The lowest BCUT2D eigenvalue weighted by Crippen LogP contribution is -2.62. The number of benzene rings is 2. The molecule has 174 valence electrons. The Morgan fingerprint density at radius 3 is 2.16 bits per heavy atom. The van der Waals surface area contributed by atoms with E-state index in [-0.39, 0.29) is 29.0 Å². The molecule has 0 radical (unpaired) electrons. The zero-order chi connectivity index (χ0) is 23.9. The van der Waals surface area contributed by atoms with Crippen molar-refractivity contribution in [2.45, 2.75) is 56.1 Å². The van der Waals surface area contributed by atoms with Crippen LogP contribution in [0.1, 0.15) is 62.0 Å². The second kappa shape index (κ2) is 8.73. The van der Waals surface area contributed by atoms with Gasteiger partial charge in [0, 0.05) is 17.5 Å². The van der Waals surface area contributed by atoms with Crippen molar-refractivity contribution in [1.29, 1.82) is 0 Å². The molecule has 0 spiro atoms. The molecule has 0 bridgehead atoms. The first-order valence-electron chi connectivity index (χ1n) is 10.6. The maximum Gasteiger partial charge on any atom is 0.279 e. The van der Waals surface area contributed by atoms with Crippen LogP contribution in [0.4, 0.5) is 0 Å². The number of carbonyl (C=O) groups is 1.